The number of nitrogens with two attached hydrogens (primary N) is 1. The maximum atomic E-state index is 12.5. The fourth-order valence-corrected chi connectivity index (χ4v) is 3.00. The highest BCUT2D eigenvalue weighted by atomic mass is 35.5. The minimum absolute atomic E-state index is 0. The first-order valence-electron chi connectivity index (χ1n) is 8.75. The number of halogens is 2. The number of nitrogens with zero attached hydrogens (tertiary/aromatic N) is 1. The Bertz CT molecular complexity index is 947. The monoisotopic (exact) mass is 425 g/mol. The Labute approximate surface area is 176 Å². The van der Waals surface area contributed by atoms with Gasteiger partial charge < -0.3 is 39.6 Å². The zero-order chi connectivity index (χ0) is 18.4. The number of hydrogen-bond acceptors (Lipinski definition) is 3. The number of aryl methyl sites for hydroxylation is 1. The van der Waals surface area contributed by atoms with Gasteiger partial charge in [-0.1, -0.05) is 12.1 Å². The predicted octanol–water partition coefficient (Wildman–Crippen LogP) is -5.01. The summed E-state index contributed by atoms with van der Waals surface area (Å²) in [6, 6.07) is 13.5. The van der Waals surface area contributed by atoms with Crippen LogP contribution in [0.3, 0.4) is 0 Å². The van der Waals surface area contributed by atoms with Gasteiger partial charge in [-0.3, -0.25) is 0 Å². The second-order valence-electron chi connectivity index (χ2n) is 6.14. The molecule has 0 aliphatic carbocycles. The standard InChI is InChI=1S/C20H23N3O3.2ClH/c1-25-18-9-8-15(12-19(18)26-2)13-21-10-5-11-23-14-22-17-7-4-3-6-16(17)20(23)24;;/h3-4,6-9,12,14,21H,5,10-11,13H2,1-2H3;2*1H. The summed E-state index contributed by atoms with van der Waals surface area (Å²) < 4.78 is 12.3. The zero-order valence-corrected chi connectivity index (χ0v) is 17.5. The van der Waals surface area contributed by atoms with Crippen molar-refractivity contribution >= 4 is 10.9 Å². The minimum atomic E-state index is 0. The van der Waals surface area contributed by atoms with E-state index in [-0.39, 0.29) is 30.4 Å². The van der Waals surface area contributed by atoms with Gasteiger partial charge in [-0.2, -0.15) is 4.57 Å². The first-order valence-corrected chi connectivity index (χ1v) is 8.75. The van der Waals surface area contributed by atoms with Gasteiger partial charge >= 0.3 is 5.56 Å². The van der Waals surface area contributed by atoms with E-state index in [1.54, 1.807) is 25.1 Å². The normalized spacial score (nSPS) is 10.1. The summed E-state index contributed by atoms with van der Waals surface area (Å²) in [5.74, 6) is 1.49. The van der Waals surface area contributed by atoms with E-state index in [0.29, 0.717) is 6.54 Å². The molecule has 152 valence electrons. The van der Waals surface area contributed by atoms with Crippen LogP contribution in [0.1, 0.15) is 12.0 Å². The number of hydrogen-bond donors (Lipinski definition) is 1. The van der Waals surface area contributed by atoms with Crippen LogP contribution >= 0.6 is 0 Å². The van der Waals surface area contributed by atoms with E-state index < -0.39 is 0 Å². The summed E-state index contributed by atoms with van der Waals surface area (Å²) >= 11 is 0. The number of fused-ring (bicyclic) bond motifs is 1. The molecule has 0 amide bonds. The number of ether oxygens (including phenoxy) is 2. The van der Waals surface area contributed by atoms with E-state index in [0.717, 1.165) is 41.9 Å². The molecule has 6 nitrogen and oxygen atoms in total. The molecule has 0 aliphatic rings. The van der Waals surface area contributed by atoms with E-state index in [9.17, 15) is 4.79 Å². The molecule has 1 heterocycles. The van der Waals surface area contributed by atoms with Gasteiger partial charge in [-0.15, -0.1) is 0 Å². The van der Waals surface area contributed by atoms with Gasteiger partial charge in [0.1, 0.15) is 17.4 Å². The molecule has 0 fully saturated rings. The number of aromatic amines is 1. The molecule has 1 aromatic heterocycles. The minimum Gasteiger partial charge on any atom is -1.00 e. The van der Waals surface area contributed by atoms with Crippen molar-refractivity contribution in [3.05, 3.63) is 64.7 Å². The van der Waals surface area contributed by atoms with Crippen molar-refractivity contribution in [1.29, 1.82) is 0 Å². The maximum Gasteiger partial charge on any atom is 0.345 e. The summed E-state index contributed by atoms with van der Waals surface area (Å²) in [6.45, 7) is 2.50. The molecule has 8 heteroatoms. The molecule has 2 aromatic carbocycles. The summed E-state index contributed by atoms with van der Waals surface area (Å²) in [5.41, 5.74) is 2.10. The van der Waals surface area contributed by atoms with E-state index in [2.05, 4.69) is 10.3 Å². The lowest BCUT2D eigenvalue weighted by atomic mass is 10.2. The largest absolute Gasteiger partial charge is 1.00 e. The Morgan fingerprint density at radius 2 is 1.79 bits per heavy atom. The number of nitrogens with one attached hydrogen (secondary N) is 1. The third-order valence-electron chi connectivity index (χ3n) is 4.43. The fraction of sp³-hybridized carbons (Fsp3) is 0.300. The number of para-hydroxylation sites is 1. The zero-order valence-electron chi connectivity index (χ0n) is 16.0. The summed E-state index contributed by atoms with van der Waals surface area (Å²) in [6.07, 6.45) is 2.68. The molecule has 0 saturated heterocycles. The van der Waals surface area contributed by atoms with Gasteiger partial charge in [-0.25, -0.2) is 9.78 Å². The summed E-state index contributed by atoms with van der Waals surface area (Å²) in [4.78, 5) is 15.6. The highest BCUT2D eigenvalue weighted by Gasteiger charge is 2.09. The van der Waals surface area contributed by atoms with Crippen molar-refractivity contribution in [3.63, 3.8) is 0 Å². The van der Waals surface area contributed by atoms with Gasteiger partial charge in [0, 0.05) is 12.0 Å². The van der Waals surface area contributed by atoms with E-state index >= 15 is 0 Å². The number of H-pyrrole nitrogens is 1. The van der Waals surface area contributed by atoms with Crippen LogP contribution in [0.5, 0.6) is 11.5 Å². The lowest BCUT2D eigenvalue weighted by Gasteiger charge is -2.09. The Balaban J connectivity index is 0.00000196. The number of methoxy groups -OCH3 is 2. The second kappa shape index (κ2) is 11.5. The Kier molecular flexibility index (Phi) is 9.79. The molecule has 0 saturated carbocycles. The molecule has 3 aromatic rings. The SMILES string of the molecule is COc1ccc(C[NH2+]CCCn2c[nH+]c3ccccc3c2=O)cc1OC.[Cl-].[Cl-]. The lowest BCUT2D eigenvalue weighted by Crippen LogP contribution is -3.00. The molecule has 28 heavy (non-hydrogen) atoms. The smallest absolute Gasteiger partial charge is 0.345 e. The number of aromatic nitrogens is 2. The molecule has 0 aliphatic heterocycles. The Hall–Kier alpha value is -2.28. The Morgan fingerprint density at radius 3 is 2.54 bits per heavy atom. The van der Waals surface area contributed by atoms with Crippen LogP contribution in [0.2, 0.25) is 0 Å². The highest BCUT2D eigenvalue weighted by molar-refractivity contribution is 5.73. The molecule has 0 atom stereocenters. The van der Waals surface area contributed by atoms with Gasteiger partial charge in [0.05, 0.1) is 27.3 Å². The highest BCUT2D eigenvalue weighted by Crippen LogP contribution is 2.27. The summed E-state index contributed by atoms with van der Waals surface area (Å²) in [7, 11) is 3.28. The van der Waals surface area contributed by atoms with Crippen molar-refractivity contribution in [2.24, 2.45) is 0 Å². The number of quaternary nitrogens is 1. The fourth-order valence-electron chi connectivity index (χ4n) is 3.00. The first-order chi connectivity index (χ1) is 12.7. The third-order valence-corrected chi connectivity index (χ3v) is 4.43. The predicted molar refractivity (Wildman–Crippen MR) is 99.4 cm³/mol. The molecule has 0 unspecified atom stereocenters. The van der Waals surface area contributed by atoms with E-state index in [1.807, 2.05) is 42.5 Å². The Morgan fingerprint density at radius 1 is 1.04 bits per heavy atom. The van der Waals surface area contributed by atoms with E-state index in [1.165, 1.54) is 5.56 Å². The second-order valence-corrected chi connectivity index (χ2v) is 6.14. The molecular formula is C20H25Cl2N3O3. The average molecular weight is 426 g/mol. The average Bonchev–Trinajstić information content (AvgIpc) is 2.69. The van der Waals surface area contributed by atoms with Crippen LogP contribution in [0.25, 0.3) is 10.9 Å². The van der Waals surface area contributed by atoms with Crippen molar-refractivity contribution in [2.45, 2.75) is 19.5 Å². The number of benzene rings is 2. The van der Waals surface area contributed by atoms with Gasteiger partial charge in [-0.05, 0) is 30.3 Å². The van der Waals surface area contributed by atoms with Crippen molar-refractivity contribution in [1.82, 2.24) is 4.57 Å². The van der Waals surface area contributed by atoms with Gasteiger partial charge in [0.25, 0.3) is 0 Å². The van der Waals surface area contributed by atoms with Crippen molar-refractivity contribution in [3.8, 4) is 11.5 Å². The van der Waals surface area contributed by atoms with Crippen LogP contribution in [0.4, 0.5) is 0 Å². The maximum absolute atomic E-state index is 12.5. The van der Waals surface area contributed by atoms with Crippen molar-refractivity contribution in [2.75, 3.05) is 20.8 Å². The van der Waals surface area contributed by atoms with Crippen LogP contribution in [0, 0.1) is 0 Å². The number of rotatable bonds is 8. The topological polar surface area (TPSA) is 71.2 Å². The molecule has 0 spiro atoms. The molecule has 3 N–H and O–H groups in total. The van der Waals surface area contributed by atoms with Crippen LogP contribution in [-0.4, -0.2) is 25.3 Å². The third kappa shape index (κ3) is 5.61. The molecular weight excluding hydrogens is 401 g/mol. The molecule has 3 rings (SSSR count). The van der Waals surface area contributed by atoms with Crippen molar-refractivity contribution < 1.29 is 44.6 Å². The molecule has 0 bridgehead atoms. The van der Waals surface area contributed by atoms with Crippen LogP contribution in [-0.2, 0) is 13.1 Å². The van der Waals surface area contributed by atoms with Gasteiger partial charge in [0.2, 0.25) is 6.33 Å². The quantitative estimate of drug-likeness (QED) is 0.367. The summed E-state index contributed by atoms with van der Waals surface area (Å²) in [5, 5.41) is 2.96. The van der Waals surface area contributed by atoms with Crippen LogP contribution < -0.4 is 50.1 Å². The molecule has 0 radical (unpaired) electrons. The van der Waals surface area contributed by atoms with Crippen LogP contribution in [0.15, 0.2) is 53.6 Å². The lowest BCUT2D eigenvalue weighted by molar-refractivity contribution is -0.671. The van der Waals surface area contributed by atoms with Gasteiger partial charge in [0.15, 0.2) is 11.5 Å². The van der Waals surface area contributed by atoms with E-state index in [4.69, 9.17) is 9.47 Å². The first kappa shape index (κ1) is 23.8.